The smallest absolute Gasteiger partial charge is 0.253 e. The van der Waals surface area contributed by atoms with Gasteiger partial charge in [0.2, 0.25) is 0 Å². The predicted molar refractivity (Wildman–Crippen MR) is 116 cm³/mol. The van der Waals surface area contributed by atoms with E-state index < -0.39 is 0 Å². The molecule has 0 unspecified atom stereocenters. The van der Waals surface area contributed by atoms with E-state index >= 15 is 0 Å². The summed E-state index contributed by atoms with van der Waals surface area (Å²) in [7, 11) is 1.76. The third kappa shape index (κ3) is 3.98. The number of carbonyl (C=O) groups is 1. The first kappa shape index (κ1) is 19.2. The average molecular weight is 392 g/mol. The number of carbonyl (C=O) groups excluding carboxylic acids is 1. The number of nitriles is 1. The van der Waals surface area contributed by atoms with Crippen LogP contribution in [0.2, 0.25) is 0 Å². The van der Waals surface area contributed by atoms with Crippen molar-refractivity contribution < 1.29 is 4.79 Å². The number of nitrogens with zero attached hydrogens (tertiary/aromatic N) is 4. The van der Waals surface area contributed by atoms with Crippen LogP contribution < -0.4 is 0 Å². The molecule has 4 aromatic rings. The van der Waals surface area contributed by atoms with Gasteiger partial charge >= 0.3 is 0 Å². The first-order valence-electron chi connectivity index (χ1n) is 9.61. The molecule has 0 saturated carbocycles. The van der Waals surface area contributed by atoms with E-state index in [2.05, 4.69) is 6.07 Å². The van der Waals surface area contributed by atoms with Crippen molar-refractivity contribution in [3.8, 4) is 23.0 Å². The van der Waals surface area contributed by atoms with Gasteiger partial charge in [-0.1, -0.05) is 54.6 Å². The Kier molecular flexibility index (Phi) is 5.40. The zero-order valence-corrected chi connectivity index (χ0v) is 16.6. The van der Waals surface area contributed by atoms with Crippen molar-refractivity contribution in [3.05, 3.63) is 108 Å². The number of aromatic nitrogens is 2. The van der Waals surface area contributed by atoms with Crippen LogP contribution in [0.1, 0.15) is 21.5 Å². The van der Waals surface area contributed by atoms with Crippen LogP contribution in [-0.4, -0.2) is 27.6 Å². The maximum Gasteiger partial charge on any atom is 0.253 e. The predicted octanol–water partition coefficient (Wildman–Crippen LogP) is 4.68. The molecule has 0 bridgehead atoms. The Morgan fingerprint density at radius 1 is 1.00 bits per heavy atom. The van der Waals surface area contributed by atoms with E-state index in [1.807, 2.05) is 71.5 Å². The van der Waals surface area contributed by atoms with Crippen LogP contribution in [0.3, 0.4) is 0 Å². The molecular weight excluding hydrogens is 372 g/mol. The highest BCUT2D eigenvalue weighted by atomic mass is 16.2. The lowest BCUT2D eigenvalue weighted by atomic mass is 10.1. The number of para-hydroxylation sites is 1. The molecule has 30 heavy (non-hydrogen) atoms. The van der Waals surface area contributed by atoms with Crippen LogP contribution in [-0.2, 0) is 6.54 Å². The average Bonchev–Trinajstić information content (AvgIpc) is 3.23. The van der Waals surface area contributed by atoms with Gasteiger partial charge in [-0.05, 0) is 30.3 Å². The topological polar surface area (TPSA) is 61.9 Å². The summed E-state index contributed by atoms with van der Waals surface area (Å²) < 4.78 is 1.84. The standard InChI is InChI=1S/C25H20N4O/c1-28(25(30)21-12-8-9-19(15-21)16-26)17-22-18-29(23-13-6-3-7-14-23)27-24(22)20-10-4-2-5-11-20/h2-15,18H,17H2,1H3. The van der Waals surface area contributed by atoms with Gasteiger partial charge in [0, 0.05) is 36.5 Å². The fourth-order valence-electron chi connectivity index (χ4n) is 3.35. The van der Waals surface area contributed by atoms with Gasteiger partial charge in [0.1, 0.15) is 0 Å². The molecule has 0 spiro atoms. The first-order valence-corrected chi connectivity index (χ1v) is 9.61. The summed E-state index contributed by atoms with van der Waals surface area (Å²) in [4.78, 5) is 14.6. The monoisotopic (exact) mass is 392 g/mol. The lowest BCUT2D eigenvalue weighted by molar-refractivity contribution is 0.0785. The Hall–Kier alpha value is -4.17. The number of benzene rings is 3. The molecule has 0 fully saturated rings. The van der Waals surface area contributed by atoms with Crippen LogP contribution in [0.15, 0.2) is 91.1 Å². The fourth-order valence-corrected chi connectivity index (χ4v) is 3.35. The van der Waals surface area contributed by atoms with E-state index in [9.17, 15) is 4.79 Å². The minimum atomic E-state index is -0.140. The number of rotatable bonds is 5. The molecule has 4 rings (SSSR count). The minimum Gasteiger partial charge on any atom is -0.337 e. The quantitative estimate of drug-likeness (QED) is 0.495. The molecule has 5 heteroatoms. The Morgan fingerprint density at radius 3 is 2.40 bits per heavy atom. The molecule has 3 aromatic carbocycles. The van der Waals surface area contributed by atoms with Crippen molar-refractivity contribution in [2.24, 2.45) is 0 Å². The molecule has 0 radical (unpaired) electrons. The van der Waals surface area contributed by atoms with Gasteiger partial charge in [-0.2, -0.15) is 10.4 Å². The van der Waals surface area contributed by atoms with E-state index in [4.69, 9.17) is 10.4 Å². The third-order valence-electron chi connectivity index (χ3n) is 4.85. The van der Waals surface area contributed by atoms with Crippen molar-refractivity contribution in [2.45, 2.75) is 6.54 Å². The van der Waals surface area contributed by atoms with E-state index in [1.165, 1.54) is 0 Å². The van der Waals surface area contributed by atoms with Crippen LogP contribution >= 0.6 is 0 Å². The molecule has 1 amide bonds. The van der Waals surface area contributed by atoms with Gasteiger partial charge in [-0.25, -0.2) is 4.68 Å². The summed E-state index contributed by atoms with van der Waals surface area (Å²) in [5, 5.41) is 13.9. The SMILES string of the molecule is CN(Cc1cn(-c2ccccc2)nc1-c1ccccc1)C(=O)c1cccc(C#N)c1. The molecule has 0 N–H and O–H groups in total. The van der Waals surface area contributed by atoms with Crippen LogP contribution in [0.4, 0.5) is 0 Å². The van der Waals surface area contributed by atoms with Gasteiger partial charge in [0.15, 0.2) is 0 Å². The van der Waals surface area contributed by atoms with E-state index in [-0.39, 0.29) is 5.91 Å². The summed E-state index contributed by atoms with van der Waals surface area (Å²) in [5.74, 6) is -0.140. The van der Waals surface area contributed by atoms with E-state index in [0.29, 0.717) is 17.7 Å². The molecule has 0 aliphatic heterocycles. The maximum atomic E-state index is 12.9. The number of hydrogen-bond donors (Lipinski definition) is 0. The van der Waals surface area contributed by atoms with Crippen LogP contribution in [0.5, 0.6) is 0 Å². The third-order valence-corrected chi connectivity index (χ3v) is 4.85. The Balaban J connectivity index is 1.68. The van der Waals surface area contributed by atoms with Crippen molar-refractivity contribution in [2.75, 3.05) is 7.05 Å². The highest BCUT2D eigenvalue weighted by Crippen LogP contribution is 2.25. The van der Waals surface area contributed by atoms with Crippen molar-refractivity contribution in [1.82, 2.24) is 14.7 Å². The molecule has 0 saturated heterocycles. The molecule has 0 aliphatic carbocycles. The number of amides is 1. The second-order valence-electron chi connectivity index (χ2n) is 7.00. The van der Waals surface area contributed by atoms with Crippen molar-refractivity contribution in [1.29, 1.82) is 5.26 Å². The summed E-state index contributed by atoms with van der Waals surface area (Å²) in [6, 6.07) is 28.7. The van der Waals surface area contributed by atoms with Gasteiger partial charge in [0.05, 0.1) is 23.0 Å². The summed E-state index contributed by atoms with van der Waals surface area (Å²) in [5.41, 5.74) is 4.69. The van der Waals surface area contributed by atoms with Crippen molar-refractivity contribution >= 4 is 5.91 Å². The van der Waals surface area contributed by atoms with E-state index in [1.54, 1.807) is 36.2 Å². The minimum absolute atomic E-state index is 0.140. The zero-order valence-electron chi connectivity index (χ0n) is 16.6. The number of hydrogen-bond acceptors (Lipinski definition) is 3. The lowest BCUT2D eigenvalue weighted by Crippen LogP contribution is -2.26. The summed E-state index contributed by atoms with van der Waals surface area (Å²) >= 11 is 0. The van der Waals surface area contributed by atoms with E-state index in [0.717, 1.165) is 22.5 Å². The molecule has 0 atom stereocenters. The normalized spacial score (nSPS) is 10.4. The second-order valence-corrected chi connectivity index (χ2v) is 7.00. The van der Waals surface area contributed by atoms with Gasteiger partial charge in [0.25, 0.3) is 5.91 Å². The molecular formula is C25H20N4O. The van der Waals surface area contributed by atoms with Gasteiger partial charge in [-0.3, -0.25) is 4.79 Å². The first-order chi connectivity index (χ1) is 14.7. The molecule has 1 aromatic heterocycles. The zero-order chi connectivity index (χ0) is 20.9. The Labute approximate surface area is 175 Å². The van der Waals surface area contributed by atoms with Gasteiger partial charge < -0.3 is 4.90 Å². The largest absolute Gasteiger partial charge is 0.337 e. The fraction of sp³-hybridized carbons (Fsp3) is 0.0800. The molecule has 0 aliphatic rings. The summed E-state index contributed by atoms with van der Waals surface area (Å²) in [6.07, 6.45) is 1.97. The highest BCUT2D eigenvalue weighted by molar-refractivity contribution is 5.94. The Morgan fingerprint density at radius 2 is 1.70 bits per heavy atom. The van der Waals surface area contributed by atoms with Crippen molar-refractivity contribution in [3.63, 3.8) is 0 Å². The maximum absolute atomic E-state index is 12.9. The summed E-state index contributed by atoms with van der Waals surface area (Å²) in [6.45, 7) is 0.396. The molecule has 146 valence electrons. The van der Waals surface area contributed by atoms with Crippen LogP contribution in [0, 0.1) is 11.3 Å². The Bertz CT molecular complexity index is 1210. The molecule has 1 heterocycles. The molecule has 5 nitrogen and oxygen atoms in total. The second kappa shape index (κ2) is 8.46. The van der Waals surface area contributed by atoms with Gasteiger partial charge in [-0.15, -0.1) is 0 Å². The highest BCUT2D eigenvalue weighted by Gasteiger charge is 2.18. The van der Waals surface area contributed by atoms with Crippen LogP contribution in [0.25, 0.3) is 16.9 Å². The lowest BCUT2D eigenvalue weighted by Gasteiger charge is -2.17.